The Labute approximate surface area is 175 Å². The summed E-state index contributed by atoms with van der Waals surface area (Å²) in [5, 5.41) is 6.72. The van der Waals surface area contributed by atoms with Crippen LogP contribution in [0.2, 0.25) is 0 Å². The van der Waals surface area contributed by atoms with Gasteiger partial charge in [0.15, 0.2) is 5.96 Å². The molecule has 0 bridgehead atoms. The van der Waals surface area contributed by atoms with Crippen LogP contribution in [0.1, 0.15) is 43.4 Å². The fourth-order valence-corrected chi connectivity index (χ4v) is 2.89. The number of benzene rings is 2. The molecule has 0 heterocycles. The maximum Gasteiger partial charge on any atom is 0.191 e. The fraction of sp³-hybridized carbons (Fsp3) is 0.458. The summed E-state index contributed by atoms with van der Waals surface area (Å²) in [6.45, 7) is 9.27. The molecule has 158 valence electrons. The molecule has 2 aromatic carbocycles. The Morgan fingerprint density at radius 2 is 1.59 bits per heavy atom. The van der Waals surface area contributed by atoms with E-state index in [0.29, 0.717) is 19.8 Å². The number of hydrogen-bond acceptors (Lipinski definition) is 3. The van der Waals surface area contributed by atoms with Crippen LogP contribution in [0.3, 0.4) is 0 Å². The SMILES string of the molecule is CCNC(=NCc1ccccc1COCc1ccccc1)NCCCCOCC. The van der Waals surface area contributed by atoms with Crippen molar-refractivity contribution in [2.75, 3.05) is 26.3 Å². The highest BCUT2D eigenvalue weighted by atomic mass is 16.5. The third kappa shape index (κ3) is 9.59. The molecule has 29 heavy (non-hydrogen) atoms. The molecule has 0 aliphatic rings. The van der Waals surface area contributed by atoms with Gasteiger partial charge >= 0.3 is 0 Å². The molecular formula is C24H35N3O2. The van der Waals surface area contributed by atoms with Gasteiger partial charge in [0.25, 0.3) is 0 Å². The summed E-state index contributed by atoms with van der Waals surface area (Å²) in [5.41, 5.74) is 3.56. The molecule has 2 rings (SSSR count). The van der Waals surface area contributed by atoms with Crippen LogP contribution < -0.4 is 10.6 Å². The van der Waals surface area contributed by atoms with E-state index >= 15 is 0 Å². The molecule has 0 saturated carbocycles. The van der Waals surface area contributed by atoms with Crippen LogP contribution in [0.15, 0.2) is 59.6 Å². The van der Waals surface area contributed by atoms with E-state index in [0.717, 1.165) is 45.1 Å². The minimum atomic E-state index is 0.585. The fourth-order valence-electron chi connectivity index (χ4n) is 2.89. The Kier molecular flexibility index (Phi) is 11.5. The first kappa shape index (κ1) is 22.9. The summed E-state index contributed by atoms with van der Waals surface area (Å²) in [4.78, 5) is 4.75. The Morgan fingerprint density at radius 3 is 2.34 bits per heavy atom. The van der Waals surface area contributed by atoms with Gasteiger partial charge in [-0.2, -0.15) is 0 Å². The molecule has 5 heteroatoms. The van der Waals surface area contributed by atoms with E-state index in [4.69, 9.17) is 14.5 Å². The van der Waals surface area contributed by atoms with E-state index in [1.807, 2.05) is 25.1 Å². The predicted molar refractivity (Wildman–Crippen MR) is 120 cm³/mol. The molecule has 0 spiro atoms. The number of rotatable bonds is 13. The van der Waals surface area contributed by atoms with E-state index in [1.165, 1.54) is 16.7 Å². The van der Waals surface area contributed by atoms with Crippen LogP contribution in [0.25, 0.3) is 0 Å². The molecule has 2 aromatic rings. The standard InChI is InChI=1S/C24H35N3O2/c1-3-25-24(26-16-10-11-17-28-4-2)27-18-22-14-8-9-15-23(22)20-29-19-21-12-6-5-7-13-21/h5-9,12-15H,3-4,10-11,16-20H2,1-2H3,(H2,25,26,27). The van der Waals surface area contributed by atoms with Crippen molar-refractivity contribution in [2.45, 2.75) is 46.4 Å². The molecule has 0 atom stereocenters. The number of hydrogen-bond donors (Lipinski definition) is 2. The van der Waals surface area contributed by atoms with Crippen LogP contribution in [0.4, 0.5) is 0 Å². The number of ether oxygens (including phenoxy) is 2. The molecule has 0 amide bonds. The summed E-state index contributed by atoms with van der Waals surface area (Å²) < 4.78 is 11.3. The second-order valence-electron chi connectivity index (χ2n) is 6.77. The number of guanidine groups is 1. The van der Waals surface area contributed by atoms with E-state index < -0.39 is 0 Å². The lowest BCUT2D eigenvalue weighted by Gasteiger charge is -2.13. The average molecular weight is 398 g/mol. The third-order valence-electron chi connectivity index (χ3n) is 4.45. The van der Waals surface area contributed by atoms with Gasteiger partial charge < -0.3 is 20.1 Å². The lowest BCUT2D eigenvalue weighted by Crippen LogP contribution is -2.37. The Bertz CT molecular complexity index is 704. The predicted octanol–water partition coefficient (Wildman–Crippen LogP) is 4.28. The quantitative estimate of drug-likeness (QED) is 0.301. The van der Waals surface area contributed by atoms with Crippen LogP contribution >= 0.6 is 0 Å². The average Bonchev–Trinajstić information content (AvgIpc) is 2.76. The van der Waals surface area contributed by atoms with Crippen LogP contribution in [0, 0.1) is 0 Å². The zero-order valence-electron chi connectivity index (χ0n) is 17.8. The van der Waals surface area contributed by atoms with Crippen molar-refractivity contribution in [3.8, 4) is 0 Å². The Morgan fingerprint density at radius 1 is 0.828 bits per heavy atom. The van der Waals surface area contributed by atoms with Crippen molar-refractivity contribution < 1.29 is 9.47 Å². The Balaban J connectivity index is 1.84. The molecule has 0 unspecified atom stereocenters. The second kappa shape index (κ2) is 14.6. The lowest BCUT2D eigenvalue weighted by molar-refractivity contribution is 0.106. The zero-order valence-corrected chi connectivity index (χ0v) is 17.8. The molecule has 0 aromatic heterocycles. The number of nitrogens with one attached hydrogen (secondary N) is 2. The van der Waals surface area contributed by atoms with Crippen molar-refractivity contribution in [3.63, 3.8) is 0 Å². The van der Waals surface area contributed by atoms with Crippen LogP contribution in [0.5, 0.6) is 0 Å². The molecule has 0 fully saturated rings. The first-order valence-electron chi connectivity index (χ1n) is 10.6. The highest BCUT2D eigenvalue weighted by Gasteiger charge is 2.03. The van der Waals surface area contributed by atoms with Crippen molar-refractivity contribution in [1.82, 2.24) is 10.6 Å². The second-order valence-corrected chi connectivity index (χ2v) is 6.77. The normalized spacial score (nSPS) is 11.4. The van der Waals surface area contributed by atoms with E-state index in [1.54, 1.807) is 0 Å². The van der Waals surface area contributed by atoms with Gasteiger partial charge in [0.05, 0.1) is 19.8 Å². The van der Waals surface area contributed by atoms with E-state index in [9.17, 15) is 0 Å². The molecule has 0 aliphatic heterocycles. The largest absolute Gasteiger partial charge is 0.382 e. The minimum absolute atomic E-state index is 0.585. The lowest BCUT2D eigenvalue weighted by atomic mass is 10.1. The summed E-state index contributed by atoms with van der Waals surface area (Å²) in [5.74, 6) is 0.851. The highest BCUT2D eigenvalue weighted by molar-refractivity contribution is 5.79. The molecule has 0 saturated heterocycles. The summed E-state index contributed by atoms with van der Waals surface area (Å²) in [6.07, 6.45) is 2.12. The van der Waals surface area contributed by atoms with Crippen molar-refractivity contribution in [3.05, 3.63) is 71.3 Å². The van der Waals surface area contributed by atoms with Gasteiger partial charge in [0.2, 0.25) is 0 Å². The first-order valence-corrected chi connectivity index (χ1v) is 10.6. The maximum atomic E-state index is 5.92. The van der Waals surface area contributed by atoms with E-state index in [2.05, 4.69) is 54.0 Å². The van der Waals surface area contributed by atoms with Gasteiger partial charge in [-0.25, -0.2) is 4.99 Å². The number of unbranched alkanes of at least 4 members (excludes halogenated alkanes) is 1. The summed E-state index contributed by atoms with van der Waals surface area (Å²) in [6, 6.07) is 18.6. The number of aliphatic imine (C=N–C) groups is 1. The van der Waals surface area contributed by atoms with Gasteiger partial charge in [-0.1, -0.05) is 54.6 Å². The molecular weight excluding hydrogens is 362 g/mol. The van der Waals surface area contributed by atoms with Crippen LogP contribution in [-0.4, -0.2) is 32.3 Å². The molecule has 5 nitrogen and oxygen atoms in total. The molecule has 2 N–H and O–H groups in total. The zero-order chi connectivity index (χ0) is 20.6. The molecule has 0 aliphatic carbocycles. The van der Waals surface area contributed by atoms with Crippen molar-refractivity contribution in [2.24, 2.45) is 4.99 Å². The van der Waals surface area contributed by atoms with Gasteiger partial charge in [-0.15, -0.1) is 0 Å². The van der Waals surface area contributed by atoms with Gasteiger partial charge in [-0.3, -0.25) is 0 Å². The maximum absolute atomic E-state index is 5.92. The van der Waals surface area contributed by atoms with Crippen LogP contribution in [-0.2, 0) is 29.2 Å². The monoisotopic (exact) mass is 397 g/mol. The van der Waals surface area contributed by atoms with Gasteiger partial charge in [-0.05, 0) is 43.4 Å². The summed E-state index contributed by atoms with van der Waals surface area (Å²) >= 11 is 0. The van der Waals surface area contributed by atoms with Gasteiger partial charge in [0.1, 0.15) is 0 Å². The minimum Gasteiger partial charge on any atom is -0.382 e. The van der Waals surface area contributed by atoms with E-state index in [-0.39, 0.29) is 0 Å². The Hall–Kier alpha value is -2.37. The smallest absolute Gasteiger partial charge is 0.191 e. The third-order valence-corrected chi connectivity index (χ3v) is 4.45. The highest BCUT2D eigenvalue weighted by Crippen LogP contribution is 2.13. The topological polar surface area (TPSA) is 54.9 Å². The van der Waals surface area contributed by atoms with Crippen molar-refractivity contribution >= 4 is 5.96 Å². The number of nitrogens with zero attached hydrogens (tertiary/aromatic N) is 1. The first-order chi connectivity index (χ1) is 14.3. The van der Waals surface area contributed by atoms with Gasteiger partial charge in [0, 0.05) is 26.3 Å². The summed E-state index contributed by atoms with van der Waals surface area (Å²) in [7, 11) is 0. The van der Waals surface area contributed by atoms with Crippen molar-refractivity contribution in [1.29, 1.82) is 0 Å². The molecule has 0 radical (unpaired) electrons.